The number of rotatable bonds is 5. The van der Waals surface area contributed by atoms with Gasteiger partial charge in [0.2, 0.25) is 11.6 Å². The van der Waals surface area contributed by atoms with Crippen molar-refractivity contribution in [1.29, 1.82) is 0 Å². The van der Waals surface area contributed by atoms with Crippen LogP contribution < -0.4 is 0 Å². The molecule has 2 heterocycles. The number of ether oxygens (including phenoxy) is 2. The second-order valence-electron chi connectivity index (χ2n) is 10.9. The van der Waals surface area contributed by atoms with Crippen molar-refractivity contribution in [2.75, 3.05) is 6.61 Å². The zero-order chi connectivity index (χ0) is 24.6. The van der Waals surface area contributed by atoms with Crippen molar-refractivity contribution in [2.45, 2.75) is 83.1 Å². The van der Waals surface area contributed by atoms with E-state index in [1.54, 1.807) is 20.8 Å². The Bertz CT molecular complexity index is 925. The van der Waals surface area contributed by atoms with Gasteiger partial charge in [-0.05, 0) is 50.2 Å². The van der Waals surface area contributed by atoms with Gasteiger partial charge in [-0.2, -0.15) is 0 Å². The predicted molar refractivity (Wildman–Crippen MR) is 117 cm³/mol. The fraction of sp³-hybridized carbons (Fsp3) is 0.760. The molecule has 2 aliphatic carbocycles. The summed E-state index contributed by atoms with van der Waals surface area (Å²) in [4.78, 5) is 25.5. The zero-order valence-corrected chi connectivity index (χ0v) is 20.0. The van der Waals surface area contributed by atoms with E-state index in [0.717, 1.165) is 6.42 Å². The number of hydrogen-bond acceptors (Lipinski definition) is 8. The maximum Gasteiger partial charge on any atom is 0.333 e. The number of ketones is 1. The summed E-state index contributed by atoms with van der Waals surface area (Å²) in [5.41, 5.74) is -3.63. The summed E-state index contributed by atoms with van der Waals surface area (Å²) in [6.07, 6.45) is 4.16. The molecule has 0 saturated heterocycles. The fourth-order valence-electron chi connectivity index (χ4n) is 6.85. The zero-order valence-electron chi connectivity index (χ0n) is 20.0. The topological polar surface area (TPSA) is 134 Å². The summed E-state index contributed by atoms with van der Waals surface area (Å²) in [6.45, 7) is 8.79. The lowest BCUT2D eigenvalue weighted by Crippen LogP contribution is -2.81. The molecule has 0 bridgehead atoms. The van der Waals surface area contributed by atoms with Crippen LogP contribution in [0.4, 0.5) is 0 Å². The van der Waals surface area contributed by atoms with E-state index in [1.165, 1.54) is 12.2 Å². The van der Waals surface area contributed by atoms with Crippen molar-refractivity contribution in [3.63, 3.8) is 0 Å². The average Bonchev–Trinajstić information content (AvgIpc) is 3.25. The molecule has 2 aliphatic heterocycles. The van der Waals surface area contributed by atoms with Crippen molar-refractivity contribution in [2.24, 2.45) is 29.6 Å². The van der Waals surface area contributed by atoms with E-state index in [1.807, 2.05) is 13.8 Å². The van der Waals surface area contributed by atoms with Crippen molar-refractivity contribution in [1.82, 2.24) is 0 Å². The Balaban J connectivity index is 1.71. The Hall–Kier alpha value is -1.58. The van der Waals surface area contributed by atoms with Crippen molar-refractivity contribution in [3.8, 4) is 0 Å². The highest BCUT2D eigenvalue weighted by atomic mass is 16.7. The highest BCUT2D eigenvalue weighted by Gasteiger charge is 2.77. The highest BCUT2D eigenvalue weighted by Crippen LogP contribution is 2.62. The first kappa shape index (κ1) is 24.5. The first-order chi connectivity index (χ1) is 15.2. The molecule has 2 fully saturated rings. The summed E-state index contributed by atoms with van der Waals surface area (Å²) in [5.74, 6) is -7.25. The van der Waals surface area contributed by atoms with Gasteiger partial charge in [-0.1, -0.05) is 27.2 Å². The Morgan fingerprint density at radius 1 is 1.18 bits per heavy atom. The van der Waals surface area contributed by atoms with Crippen molar-refractivity contribution < 1.29 is 39.5 Å². The van der Waals surface area contributed by atoms with Crippen LogP contribution >= 0.6 is 0 Å². The number of fused-ring (bicyclic) bond motifs is 2. The molecule has 0 aromatic carbocycles. The van der Waals surface area contributed by atoms with Gasteiger partial charge in [0, 0.05) is 35.8 Å². The minimum atomic E-state index is -2.32. The lowest BCUT2D eigenvalue weighted by molar-refractivity contribution is -0.381. The molecule has 4 aliphatic rings. The maximum absolute atomic E-state index is 14.0. The Morgan fingerprint density at radius 2 is 1.85 bits per heavy atom. The second kappa shape index (κ2) is 7.71. The van der Waals surface area contributed by atoms with Crippen molar-refractivity contribution in [3.05, 3.63) is 23.3 Å². The normalized spacial score (nSPS) is 47.8. The number of Topliss-reactive ketones (excluding diaryl/α,β-unsaturated/α-hetero) is 1. The fourth-order valence-corrected chi connectivity index (χ4v) is 6.85. The van der Waals surface area contributed by atoms with E-state index in [4.69, 9.17) is 9.47 Å². The monoisotopic (exact) mass is 464 g/mol. The Kier molecular flexibility index (Phi) is 5.74. The first-order valence-electron chi connectivity index (χ1n) is 11.9. The van der Waals surface area contributed by atoms with Gasteiger partial charge in [0.1, 0.15) is 0 Å². The second-order valence-corrected chi connectivity index (χ2v) is 10.9. The van der Waals surface area contributed by atoms with Gasteiger partial charge in [0.15, 0.2) is 17.0 Å². The lowest BCUT2D eigenvalue weighted by atomic mass is 9.51. The predicted octanol–water partition coefficient (Wildman–Crippen LogP) is 1.60. The highest BCUT2D eigenvalue weighted by molar-refractivity contribution is 5.92. The van der Waals surface area contributed by atoms with E-state index < -0.39 is 52.3 Å². The van der Waals surface area contributed by atoms with Gasteiger partial charge < -0.3 is 29.9 Å². The molecule has 0 amide bonds. The first-order valence-corrected chi connectivity index (χ1v) is 11.9. The third kappa shape index (κ3) is 3.22. The summed E-state index contributed by atoms with van der Waals surface area (Å²) in [5, 5.41) is 46.4. The van der Waals surface area contributed by atoms with Crippen LogP contribution in [0.25, 0.3) is 0 Å². The molecular formula is C25H36O8. The van der Waals surface area contributed by atoms with Gasteiger partial charge in [0.25, 0.3) is 0 Å². The van der Waals surface area contributed by atoms with Crippen LogP contribution in [-0.2, 0) is 19.1 Å². The SMILES string of the molecule is CC1=C[C@]2(O)[C@](O)(OC1)[C@H](C)[C@H]1CC[C@@H](C)[C@@H]1[C@@]2(O)C(=O)[C@@H](C)CCC1(O)OC(=O)C=C1C. The third-order valence-electron chi connectivity index (χ3n) is 8.83. The number of carbonyl (C=O) groups is 2. The van der Waals surface area contributed by atoms with Crippen LogP contribution in [0.3, 0.4) is 0 Å². The van der Waals surface area contributed by atoms with Gasteiger partial charge in [-0.3, -0.25) is 4.79 Å². The molecule has 184 valence electrons. The summed E-state index contributed by atoms with van der Waals surface area (Å²) in [7, 11) is 0. The average molecular weight is 465 g/mol. The van der Waals surface area contributed by atoms with Crippen molar-refractivity contribution >= 4 is 11.8 Å². The molecule has 2 saturated carbocycles. The van der Waals surface area contributed by atoms with Crippen LogP contribution in [0.1, 0.15) is 60.3 Å². The quantitative estimate of drug-likeness (QED) is 0.356. The number of cyclic esters (lactones) is 1. The van der Waals surface area contributed by atoms with E-state index in [9.17, 15) is 30.0 Å². The third-order valence-corrected chi connectivity index (χ3v) is 8.83. The smallest absolute Gasteiger partial charge is 0.333 e. The molecule has 0 aromatic rings. The largest absolute Gasteiger partial charge is 0.426 e. The van der Waals surface area contributed by atoms with E-state index >= 15 is 0 Å². The van der Waals surface area contributed by atoms with Gasteiger partial charge >= 0.3 is 5.97 Å². The Morgan fingerprint density at radius 3 is 2.45 bits per heavy atom. The van der Waals surface area contributed by atoms with Crippen LogP contribution in [0.5, 0.6) is 0 Å². The minimum Gasteiger partial charge on any atom is -0.426 e. The standard InChI is InChI=1S/C25H36O8/c1-13-11-23(29)24(30,20-14(2)6-7-18(20)17(5)25(23,31)32-12-13)21(27)15(3)8-9-22(28)16(4)10-19(26)33-22/h10-11,14-15,17-18,20,28-31H,6-9,12H2,1-5H3/t14-,15+,17-,18-,20+,22?,23-,24-,25-/m1/s1. The molecule has 8 nitrogen and oxygen atoms in total. The molecule has 1 unspecified atom stereocenters. The molecule has 8 heteroatoms. The van der Waals surface area contributed by atoms with E-state index in [2.05, 4.69) is 0 Å². The summed E-state index contributed by atoms with van der Waals surface area (Å²) in [6, 6.07) is 0. The Labute approximate surface area is 194 Å². The van der Waals surface area contributed by atoms with Crippen LogP contribution in [0.2, 0.25) is 0 Å². The molecule has 4 N–H and O–H groups in total. The van der Waals surface area contributed by atoms with E-state index in [-0.39, 0.29) is 31.3 Å². The minimum absolute atomic E-state index is 0.0296. The molecule has 9 atom stereocenters. The lowest BCUT2D eigenvalue weighted by Gasteiger charge is -2.62. The number of carbonyl (C=O) groups excluding carboxylic acids is 2. The van der Waals surface area contributed by atoms with Crippen LogP contribution in [0, 0.1) is 29.6 Å². The summed E-state index contributed by atoms with van der Waals surface area (Å²) >= 11 is 0. The maximum atomic E-state index is 14.0. The molecule has 0 aromatic heterocycles. The number of aliphatic hydroxyl groups is 4. The van der Waals surface area contributed by atoms with Gasteiger partial charge in [-0.15, -0.1) is 0 Å². The van der Waals surface area contributed by atoms with Gasteiger partial charge in [0.05, 0.1) is 6.61 Å². The molecule has 4 rings (SSSR count). The molecule has 0 spiro atoms. The summed E-state index contributed by atoms with van der Waals surface area (Å²) < 4.78 is 10.8. The van der Waals surface area contributed by atoms with Crippen LogP contribution in [0.15, 0.2) is 23.3 Å². The van der Waals surface area contributed by atoms with Crippen LogP contribution in [-0.4, -0.2) is 61.6 Å². The number of hydrogen-bond donors (Lipinski definition) is 4. The molecule has 0 radical (unpaired) electrons. The molecule has 33 heavy (non-hydrogen) atoms. The molecular weight excluding hydrogens is 428 g/mol. The number of esters is 1. The van der Waals surface area contributed by atoms with E-state index in [0.29, 0.717) is 17.6 Å². The van der Waals surface area contributed by atoms with Gasteiger partial charge in [-0.25, -0.2) is 4.79 Å².